The lowest BCUT2D eigenvalue weighted by Crippen LogP contribution is -2.62. The Morgan fingerprint density at radius 1 is 0.867 bits per heavy atom. The molecule has 0 bridgehead atoms. The van der Waals surface area contributed by atoms with E-state index < -0.39 is 0 Å². The maximum absolute atomic E-state index is 11.6. The molecule has 9 atom stereocenters. The van der Waals surface area contributed by atoms with Crippen molar-refractivity contribution in [1.82, 2.24) is 5.32 Å². The number of fused-ring (bicyclic) bond motifs is 5. The van der Waals surface area contributed by atoms with Gasteiger partial charge in [-0.15, -0.1) is 0 Å². The molecule has 4 saturated carbocycles. The van der Waals surface area contributed by atoms with E-state index in [9.17, 15) is 10.2 Å². The fourth-order valence-corrected chi connectivity index (χ4v) is 9.23. The Balaban J connectivity index is 1.36. The second-order valence-corrected chi connectivity index (χ2v) is 12.3. The van der Waals surface area contributed by atoms with Gasteiger partial charge in [-0.2, -0.15) is 0 Å². The lowest BCUT2D eigenvalue weighted by molar-refractivity contribution is -0.199. The van der Waals surface area contributed by atoms with Crippen LogP contribution in [0.1, 0.15) is 78.1 Å². The molecular formula is C27H45NO2. The molecule has 5 fully saturated rings. The standard InChI is InChI=1S/C27H45NO2/c1-26-11-3-4-21(26)24-22(8-12-26)27(2)13-7-19(6-5-18-9-14-28-15-10-18)16-23(27)20(17-29)25(24)30/h5-6,18-25,28-30H,3-4,7-17H2,1-2H3/b6-5-/t19-,20-,21+,22+,23?,24+,25-,26+,27-/m1/s1. The van der Waals surface area contributed by atoms with Gasteiger partial charge in [0.15, 0.2) is 0 Å². The third-order valence-electron chi connectivity index (χ3n) is 11.0. The predicted molar refractivity (Wildman–Crippen MR) is 122 cm³/mol. The molecule has 1 unspecified atom stereocenters. The summed E-state index contributed by atoms with van der Waals surface area (Å²) >= 11 is 0. The summed E-state index contributed by atoms with van der Waals surface area (Å²) in [5.41, 5.74) is 0.750. The van der Waals surface area contributed by atoms with E-state index in [0.29, 0.717) is 40.4 Å². The van der Waals surface area contributed by atoms with E-state index >= 15 is 0 Å². The van der Waals surface area contributed by atoms with Crippen LogP contribution in [0, 0.1) is 52.3 Å². The molecule has 5 aliphatic rings. The van der Waals surface area contributed by atoms with Gasteiger partial charge in [-0.1, -0.05) is 32.4 Å². The topological polar surface area (TPSA) is 52.5 Å². The Morgan fingerprint density at radius 2 is 1.63 bits per heavy atom. The molecule has 3 N–H and O–H groups in total. The predicted octanol–water partition coefficient (Wildman–Crippen LogP) is 4.78. The van der Waals surface area contributed by atoms with Crippen molar-refractivity contribution in [1.29, 1.82) is 0 Å². The second kappa shape index (κ2) is 8.19. The summed E-state index contributed by atoms with van der Waals surface area (Å²) in [6.07, 6.45) is 17.7. The molecular weight excluding hydrogens is 370 g/mol. The summed E-state index contributed by atoms with van der Waals surface area (Å²) in [5, 5.41) is 25.5. The Hall–Kier alpha value is -0.380. The van der Waals surface area contributed by atoms with Crippen molar-refractivity contribution >= 4 is 0 Å². The maximum Gasteiger partial charge on any atom is 0.0627 e. The van der Waals surface area contributed by atoms with E-state index in [1.807, 2.05) is 0 Å². The number of aliphatic hydroxyl groups excluding tert-OH is 2. The zero-order valence-electron chi connectivity index (χ0n) is 19.4. The molecule has 1 saturated heterocycles. The highest BCUT2D eigenvalue weighted by Crippen LogP contribution is 2.67. The molecule has 0 spiro atoms. The van der Waals surface area contributed by atoms with Crippen LogP contribution < -0.4 is 5.32 Å². The van der Waals surface area contributed by atoms with Crippen molar-refractivity contribution in [2.75, 3.05) is 19.7 Å². The lowest BCUT2D eigenvalue weighted by Gasteiger charge is -2.64. The fraction of sp³-hybridized carbons (Fsp3) is 0.926. The summed E-state index contributed by atoms with van der Waals surface area (Å²) in [7, 11) is 0. The van der Waals surface area contributed by atoms with Gasteiger partial charge < -0.3 is 15.5 Å². The van der Waals surface area contributed by atoms with Gasteiger partial charge in [0, 0.05) is 12.5 Å². The van der Waals surface area contributed by atoms with Crippen LogP contribution in [0.2, 0.25) is 0 Å². The zero-order chi connectivity index (χ0) is 20.9. The van der Waals surface area contributed by atoms with E-state index in [0.717, 1.165) is 19.0 Å². The Labute approximate surface area is 184 Å². The molecule has 1 heterocycles. The molecule has 0 aromatic rings. The van der Waals surface area contributed by atoms with E-state index in [1.54, 1.807) is 0 Å². The van der Waals surface area contributed by atoms with Crippen molar-refractivity contribution in [2.24, 2.45) is 52.3 Å². The number of hydrogen-bond donors (Lipinski definition) is 3. The van der Waals surface area contributed by atoms with Crippen molar-refractivity contribution in [3.63, 3.8) is 0 Å². The van der Waals surface area contributed by atoms with Crippen LogP contribution in [0.5, 0.6) is 0 Å². The van der Waals surface area contributed by atoms with Crippen LogP contribution >= 0.6 is 0 Å². The van der Waals surface area contributed by atoms with Gasteiger partial charge in [-0.25, -0.2) is 0 Å². The number of aliphatic hydroxyl groups is 2. The van der Waals surface area contributed by atoms with Gasteiger partial charge >= 0.3 is 0 Å². The quantitative estimate of drug-likeness (QED) is 0.582. The van der Waals surface area contributed by atoms with E-state index in [4.69, 9.17) is 0 Å². The molecule has 0 aromatic heterocycles. The van der Waals surface area contributed by atoms with Gasteiger partial charge in [0.25, 0.3) is 0 Å². The van der Waals surface area contributed by atoms with Crippen LogP contribution in [-0.2, 0) is 0 Å². The summed E-state index contributed by atoms with van der Waals surface area (Å²) in [4.78, 5) is 0. The SMILES string of the molecule is C[C@@]12CCC[C@H]1[C@@H]1[C@H](O)[C@H](CO)C3C[C@H](/C=C\C4CCNCC4)CC[C@]3(C)[C@H]1CC2. The van der Waals surface area contributed by atoms with Gasteiger partial charge in [0.1, 0.15) is 0 Å². The summed E-state index contributed by atoms with van der Waals surface area (Å²) < 4.78 is 0. The van der Waals surface area contributed by atoms with Crippen LogP contribution in [0.3, 0.4) is 0 Å². The van der Waals surface area contributed by atoms with Gasteiger partial charge in [0.05, 0.1) is 6.10 Å². The second-order valence-electron chi connectivity index (χ2n) is 12.3. The Bertz CT molecular complexity index is 643. The van der Waals surface area contributed by atoms with Crippen LogP contribution in [-0.4, -0.2) is 36.0 Å². The molecule has 0 radical (unpaired) electrons. The average Bonchev–Trinajstić information content (AvgIpc) is 3.15. The first-order valence-corrected chi connectivity index (χ1v) is 13.1. The van der Waals surface area contributed by atoms with Crippen LogP contribution in [0.25, 0.3) is 0 Å². The van der Waals surface area contributed by atoms with E-state index in [-0.39, 0.29) is 18.6 Å². The van der Waals surface area contributed by atoms with E-state index in [1.165, 1.54) is 64.2 Å². The third kappa shape index (κ3) is 3.42. The monoisotopic (exact) mass is 415 g/mol. The smallest absolute Gasteiger partial charge is 0.0627 e. The first kappa shape index (κ1) is 21.5. The van der Waals surface area contributed by atoms with E-state index in [2.05, 4.69) is 31.3 Å². The number of nitrogens with one attached hydrogen (secondary N) is 1. The number of piperidine rings is 1. The van der Waals surface area contributed by atoms with Crippen molar-refractivity contribution in [3.8, 4) is 0 Å². The largest absolute Gasteiger partial charge is 0.396 e. The molecule has 170 valence electrons. The Kier molecular flexibility index (Phi) is 5.86. The summed E-state index contributed by atoms with van der Waals surface area (Å²) in [6, 6.07) is 0. The molecule has 30 heavy (non-hydrogen) atoms. The summed E-state index contributed by atoms with van der Waals surface area (Å²) in [6.45, 7) is 7.52. The number of rotatable bonds is 3. The maximum atomic E-state index is 11.6. The Morgan fingerprint density at radius 3 is 2.40 bits per heavy atom. The van der Waals surface area contributed by atoms with Crippen LogP contribution in [0.15, 0.2) is 12.2 Å². The minimum absolute atomic E-state index is 0.0780. The summed E-state index contributed by atoms with van der Waals surface area (Å²) in [5.74, 6) is 3.69. The first-order chi connectivity index (χ1) is 14.5. The van der Waals surface area contributed by atoms with Gasteiger partial charge in [0.2, 0.25) is 0 Å². The number of allylic oxidation sites excluding steroid dienone is 2. The minimum atomic E-state index is -0.298. The number of hydrogen-bond acceptors (Lipinski definition) is 3. The third-order valence-corrected chi connectivity index (χ3v) is 11.0. The van der Waals surface area contributed by atoms with Gasteiger partial charge in [-0.05, 0) is 117 Å². The highest BCUT2D eigenvalue weighted by Gasteiger charge is 2.63. The molecule has 3 heteroatoms. The molecule has 0 aromatic carbocycles. The van der Waals surface area contributed by atoms with Crippen molar-refractivity contribution < 1.29 is 10.2 Å². The van der Waals surface area contributed by atoms with Crippen molar-refractivity contribution in [2.45, 2.75) is 84.2 Å². The first-order valence-electron chi connectivity index (χ1n) is 13.1. The highest BCUT2D eigenvalue weighted by molar-refractivity contribution is 5.13. The van der Waals surface area contributed by atoms with Crippen molar-refractivity contribution in [3.05, 3.63) is 12.2 Å². The molecule has 1 aliphatic heterocycles. The molecule has 4 aliphatic carbocycles. The zero-order valence-corrected chi connectivity index (χ0v) is 19.4. The normalized spacial score (nSPS) is 52.1. The molecule has 5 rings (SSSR count). The lowest BCUT2D eigenvalue weighted by atomic mass is 9.42. The molecule has 0 amide bonds. The average molecular weight is 416 g/mol. The fourth-order valence-electron chi connectivity index (χ4n) is 9.23. The van der Waals surface area contributed by atoms with Crippen LogP contribution in [0.4, 0.5) is 0 Å². The minimum Gasteiger partial charge on any atom is -0.396 e. The van der Waals surface area contributed by atoms with Gasteiger partial charge in [-0.3, -0.25) is 0 Å². The molecule has 3 nitrogen and oxygen atoms in total. The highest BCUT2D eigenvalue weighted by atomic mass is 16.3.